The van der Waals surface area contributed by atoms with Crippen LogP contribution >= 0.6 is 35.0 Å². The number of amidine groups is 1. The Bertz CT molecular complexity index is 974. The third-order valence-corrected chi connectivity index (χ3v) is 5.39. The van der Waals surface area contributed by atoms with Gasteiger partial charge in [-0.3, -0.25) is 4.79 Å². The van der Waals surface area contributed by atoms with Gasteiger partial charge in [-0.25, -0.2) is 4.99 Å². The van der Waals surface area contributed by atoms with E-state index in [-0.39, 0.29) is 12.0 Å². The van der Waals surface area contributed by atoms with Crippen molar-refractivity contribution in [3.05, 3.63) is 56.9 Å². The number of benzene rings is 2. The molecule has 1 aliphatic heterocycles. The van der Waals surface area contributed by atoms with Gasteiger partial charge in [0.2, 0.25) is 0 Å². The lowest BCUT2D eigenvalue weighted by molar-refractivity contribution is -0.115. The number of aliphatic imine (C=N–C) groups is 1. The van der Waals surface area contributed by atoms with Crippen LogP contribution in [0.25, 0.3) is 6.08 Å². The van der Waals surface area contributed by atoms with Gasteiger partial charge in [-0.2, -0.15) is 0 Å². The van der Waals surface area contributed by atoms with Gasteiger partial charge in [0.15, 0.2) is 16.7 Å². The number of amides is 1. The molecule has 0 spiro atoms. The predicted molar refractivity (Wildman–Crippen MR) is 116 cm³/mol. The Hall–Kier alpha value is -2.15. The van der Waals surface area contributed by atoms with E-state index in [4.69, 9.17) is 32.7 Å². The second kappa shape index (κ2) is 8.90. The maximum Gasteiger partial charge on any atom is 0.264 e. The van der Waals surface area contributed by atoms with Crippen LogP contribution in [0.5, 0.6) is 11.5 Å². The molecule has 1 N–H and O–H groups in total. The molecule has 2 aromatic rings. The van der Waals surface area contributed by atoms with Crippen LogP contribution in [0.1, 0.15) is 19.4 Å². The molecule has 0 unspecified atom stereocenters. The van der Waals surface area contributed by atoms with E-state index in [0.29, 0.717) is 37.3 Å². The van der Waals surface area contributed by atoms with Gasteiger partial charge in [-0.15, -0.1) is 0 Å². The number of nitrogens with zero attached hydrogens (tertiary/aromatic N) is 1. The van der Waals surface area contributed by atoms with Gasteiger partial charge in [-0.05, 0) is 49.9 Å². The van der Waals surface area contributed by atoms with Crippen LogP contribution in [0.2, 0.25) is 10.0 Å². The number of hydrogen-bond acceptors (Lipinski definition) is 5. The van der Waals surface area contributed by atoms with E-state index in [1.807, 2.05) is 32.0 Å². The van der Waals surface area contributed by atoms with Gasteiger partial charge in [0.1, 0.15) is 0 Å². The SMILES string of the molecule is COc1cccc(/C=C2/SC(=Nc3cccc(Cl)c3Cl)NC2=O)c1OC(C)C. The molecule has 0 atom stereocenters. The molecule has 0 radical (unpaired) electrons. The van der Waals surface area contributed by atoms with E-state index in [9.17, 15) is 4.79 Å². The quantitative estimate of drug-likeness (QED) is 0.612. The van der Waals surface area contributed by atoms with Crippen molar-refractivity contribution >= 4 is 57.8 Å². The van der Waals surface area contributed by atoms with Crippen LogP contribution in [0, 0.1) is 0 Å². The number of rotatable bonds is 5. The molecule has 1 saturated heterocycles. The number of carbonyl (C=O) groups excluding carboxylic acids is 1. The standard InChI is InChI=1S/C20H18Cl2N2O3S/c1-11(2)27-18-12(6-4-9-15(18)26-3)10-16-19(25)24-20(28-16)23-14-8-5-7-13(21)17(14)22/h4-11H,1-3H3,(H,23,24,25)/b16-10+. The van der Waals surface area contributed by atoms with Gasteiger partial charge in [0.05, 0.1) is 33.9 Å². The summed E-state index contributed by atoms with van der Waals surface area (Å²) in [5.41, 5.74) is 1.23. The highest BCUT2D eigenvalue weighted by molar-refractivity contribution is 8.18. The monoisotopic (exact) mass is 436 g/mol. The van der Waals surface area contributed by atoms with E-state index in [1.54, 1.807) is 31.4 Å². The third kappa shape index (κ3) is 4.63. The fourth-order valence-corrected chi connectivity index (χ4v) is 3.64. The summed E-state index contributed by atoms with van der Waals surface area (Å²) in [6, 6.07) is 10.7. The summed E-state index contributed by atoms with van der Waals surface area (Å²) in [5, 5.41) is 3.91. The summed E-state index contributed by atoms with van der Waals surface area (Å²) in [7, 11) is 1.58. The van der Waals surface area contributed by atoms with E-state index >= 15 is 0 Å². The molecule has 1 aliphatic rings. The molecular formula is C20H18Cl2N2O3S. The minimum atomic E-state index is -0.250. The van der Waals surface area contributed by atoms with Crippen molar-refractivity contribution in [1.29, 1.82) is 0 Å². The van der Waals surface area contributed by atoms with Crippen molar-refractivity contribution in [2.75, 3.05) is 7.11 Å². The molecule has 3 rings (SSSR count). The largest absolute Gasteiger partial charge is 0.493 e. The van der Waals surface area contributed by atoms with Gasteiger partial charge in [-0.1, -0.05) is 41.4 Å². The van der Waals surface area contributed by atoms with Crippen LogP contribution in [-0.2, 0) is 4.79 Å². The Labute approximate surface area is 177 Å². The maximum atomic E-state index is 12.4. The molecule has 0 saturated carbocycles. The fraction of sp³-hybridized carbons (Fsp3) is 0.200. The van der Waals surface area contributed by atoms with E-state index in [1.165, 1.54) is 11.8 Å². The van der Waals surface area contributed by atoms with E-state index in [2.05, 4.69) is 10.3 Å². The highest BCUT2D eigenvalue weighted by Gasteiger charge is 2.25. The molecule has 0 bridgehead atoms. The number of methoxy groups -OCH3 is 1. The first-order valence-electron chi connectivity index (χ1n) is 8.46. The Kier molecular flexibility index (Phi) is 6.54. The molecular weight excluding hydrogens is 419 g/mol. The number of carbonyl (C=O) groups is 1. The van der Waals surface area contributed by atoms with Crippen molar-refractivity contribution in [3.8, 4) is 11.5 Å². The molecule has 0 aromatic heterocycles. The lowest BCUT2D eigenvalue weighted by Crippen LogP contribution is -2.19. The molecule has 146 valence electrons. The number of nitrogens with one attached hydrogen (secondary N) is 1. The second-order valence-electron chi connectivity index (χ2n) is 6.10. The molecule has 2 aromatic carbocycles. The lowest BCUT2D eigenvalue weighted by Gasteiger charge is -2.16. The highest BCUT2D eigenvalue weighted by atomic mass is 35.5. The van der Waals surface area contributed by atoms with Gasteiger partial charge in [0.25, 0.3) is 5.91 Å². The zero-order valence-electron chi connectivity index (χ0n) is 15.5. The molecule has 8 heteroatoms. The van der Waals surface area contributed by atoms with Gasteiger partial charge in [0, 0.05) is 5.56 Å². The Morgan fingerprint density at radius 1 is 1.18 bits per heavy atom. The average Bonchev–Trinajstić information content (AvgIpc) is 2.99. The molecule has 1 fully saturated rings. The van der Waals surface area contributed by atoms with Crippen molar-refractivity contribution in [2.45, 2.75) is 20.0 Å². The van der Waals surface area contributed by atoms with E-state index in [0.717, 1.165) is 5.56 Å². The predicted octanol–water partition coefficient (Wildman–Crippen LogP) is 5.68. The minimum absolute atomic E-state index is 0.0411. The summed E-state index contributed by atoms with van der Waals surface area (Å²) >= 11 is 13.4. The van der Waals surface area contributed by atoms with Gasteiger partial charge >= 0.3 is 0 Å². The molecule has 1 amide bonds. The van der Waals surface area contributed by atoms with Crippen molar-refractivity contribution in [1.82, 2.24) is 5.32 Å². The average molecular weight is 437 g/mol. The Balaban J connectivity index is 1.93. The van der Waals surface area contributed by atoms with Crippen LogP contribution in [-0.4, -0.2) is 24.3 Å². The number of ether oxygens (including phenoxy) is 2. The number of para-hydroxylation sites is 1. The van der Waals surface area contributed by atoms with Crippen LogP contribution in [0.3, 0.4) is 0 Å². The normalized spacial score (nSPS) is 16.7. The third-order valence-electron chi connectivity index (χ3n) is 3.67. The molecule has 1 heterocycles. The second-order valence-corrected chi connectivity index (χ2v) is 7.92. The summed E-state index contributed by atoms with van der Waals surface area (Å²) in [6.07, 6.45) is 1.71. The van der Waals surface area contributed by atoms with E-state index < -0.39 is 0 Å². The van der Waals surface area contributed by atoms with Crippen LogP contribution in [0.4, 0.5) is 5.69 Å². The van der Waals surface area contributed by atoms with Crippen molar-refractivity contribution in [3.63, 3.8) is 0 Å². The molecule has 28 heavy (non-hydrogen) atoms. The number of halogens is 2. The van der Waals surface area contributed by atoms with Crippen LogP contribution in [0.15, 0.2) is 46.3 Å². The first-order valence-corrected chi connectivity index (χ1v) is 10.0. The zero-order chi connectivity index (χ0) is 20.3. The van der Waals surface area contributed by atoms with Gasteiger partial charge < -0.3 is 14.8 Å². The van der Waals surface area contributed by atoms with Crippen molar-refractivity contribution < 1.29 is 14.3 Å². The summed E-state index contributed by atoms with van der Waals surface area (Å²) in [5.74, 6) is 0.940. The number of hydrogen-bond donors (Lipinski definition) is 1. The Morgan fingerprint density at radius 2 is 1.93 bits per heavy atom. The fourth-order valence-electron chi connectivity index (χ4n) is 2.48. The topological polar surface area (TPSA) is 59.9 Å². The first-order chi connectivity index (χ1) is 13.4. The summed E-state index contributed by atoms with van der Waals surface area (Å²) in [4.78, 5) is 17.3. The number of thioether (sulfide) groups is 1. The lowest BCUT2D eigenvalue weighted by atomic mass is 10.1. The van der Waals surface area contributed by atoms with Crippen LogP contribution < -0.4 is 14.8 Å². The molecule has 0 aliphatic carbocycles. The smallest absolute Gasteiger partial charge is 0.264 e. The molecule has 5 nitrogen and oxygen atoms in total. The highest BCUT2D eigenvalue weighted by Crippen LogP contribution is 2.37. The summed E-state index contributed by atoms with van der Waals surface area (Å²) < 4.78 is 11.3. The first kappa shape index (κ1) is 20.6. The minimum Gasteiger partial charge on any atom is -0.493 e. The Morgan fingerprint density at radius 3 is 2.64 bits per heavy atom. The van der Waals surface area contributed by atoms with Crippen molar-refractivity contribution in [2.24, 2.45) is 4.99 Å². The summed E-state index contributed by atoms with van der Waals surface area (Å²) in [6.45, 7) is 3.86. The zero-order valence-corrected chi connectivity index (χ0v) is 17.8. The maximum absolute atomic E-state index is 12.4.